The number of aryl methyl sites for hydroxylation is 1. The largest absolute Gasteiger partial charge is 0.388 e. The number of alkyl halides is 1. The smallest absolute Gasteiger partial charge is 0.145 e. The molecule has 0 bridgehead atoms. The Bertz CT molecular complexity index is 872. The number of benzene rings is 1. The lowest BCUT2D eigenvalue weighted by Crippen LogP contribution is -2.41. The van der Waals surface area contributed by atoms with Gasteiger partial charge in [0.25, 0.3) is 0 Å². The molecule has 0 saturated carbocycles. The maximum absolute atomic E-state index is 13.9. The molecule has 29 heavy (non-hydrogen) atoms. The number of piperidine rings is 1. The molecule has 0 amide bonds. The molecule has 0 unspecified atom stereocenters. The lowest BCUT2D eigenvalue weighted by molar-refractivity contribution is 0.118. The van der Waals surface area contributed by atoms with E-state index in [1.54, 1.807) is 0 Å². The van der Waals surface area contributed by atoms with E-state index >= 15 is 0 Å². The molecular weight excluding hydrogens is 367 g/mol. The van der Waals surface area contributed by atoms with Crippen LogP contribution in [0, 0.1) is 6.92 Å². The van der Waals surface area contributed by atoms with Gasteiger partial charge in [0, 0.05) is 24.1 Å². The minimum atomic E-state index is -1.20. The molecule has 0 radical (unpaired) electrons. The fourth-order valence-electron chi connectivity index (χ4n) is 5.38. The number of hydrogen-bond donors (Lipinski definition) is 1. The minimum Gasteiger partial charge on any atom is -0.388 e. The Morgan fingerprint density at radius 1 is 1.10 bits per heavy atom. The SMILES string of the molecule is Cc1nc(N2C[C@@H](O)[C@H](F)C2)c2c(n1)C1(CC2)CCN(Cc2ccccc2)CC1. The van der Waals surface area contributed by atoms with Gasteiger partial charge in [-0.1, -0.05) is 30.3 Å². The second-order valence-electron chi connectivity index (χ2n) is 8.95. The normalized spacial score (nSPS) is 26.2. The van der Waals surface area contributed by atoms with E-state index in [-0.39, 0.29) is 12.0 Å². The van der Waals surface area contributed by atoms with Gasteiger partial charge in [0.2, 0.25) is 0 Å². The van der Waals surface area contributed by atoms with Crippen molar-refractivity contribution in [1.82, 2.24) is 14.9 Å². The van der Waals surface area contributed by atoms with Crippen LogP contribution in [0.5, 0.6) is 0 Å². The topological polar surface area (TPSA) is 52.5 Å². The van der Waals surface area contributed by atoms with Crippen molar-refractivity contribution in [1.29, 1.82) is 0 Å². The van der Waals surface area contributed by atoms with E-state index in [0.717, 1.165) is 57.0 Å². The van der Waals surface area contributed by atoms with E-state index in [4.69, 9.17) is 4.98 Å². The average molecular weight is 397 g/mol. The predicted molar refractivity (Wildman–Crippen MR) is 111 cm³/mol. The lowest BCUT2D eigenvalue weighted by Gasteiger charge is -2.39. The molecule has 2 saturated heterocycles. The number of aromatic nitrogens is 2. The zero-order valence-corrected chi connectivity index (χ0v) is 17.0. The molecule has 1 spiro atoms. The number of hydrogen-bond acceptors (Lipinski definition) is 5. The zero-order chi connectivity index (χ0) is 20.0. The fourth-order valence-corrected chi connectivity index (χ4v) is 5.38. The molecule has 2 fully saturated rings. The molecule has 2 aromatic rings. The third kappa shape index (κ3) is 3.42. The van der Waals surface area contributed by atoms with E-state index in [9.17, 15) is 9.50 Å². The maximum atomic E-state index is 13.9. The number of nitrogens with zero attached hydrogens (tertiary/aromatic N) is 4. The number of likely N-dealkylation sites (tertiary alicyclic amines) is 1. The zero-order valence-electron chi connectivity index (χ0n) is 17.0. The van der Waals surface area contributed by atoms with Crippen LogP contribution in [0.4, 0.5) is 10.2 Å². The van der Waals surface area contributed by atoms with Crippen LogP contribution >= 0.6 is 0 Å². The molecular formula is C23H29FN4O. The highest BCUT2D eigenvalue weighted by molar-refractivity contribution is 5.55. The Morgan fingerprint density at radius 3 is 2.55 bits per heavy atom. The molecule has 5 rings (SSSR count). The van der Waals surface area contributed by atoms with Gasteiger partial charge in [0.1, 0.15) is 23.9 Å². The number of β-amino-alcohol motifs (C(OH)–C–C–N with tert-alkyl or cyclic N) is 1. The molecule has 2 atom stereocenters. The van der Waals surface area contributed by atoms with E-state index < -0.39 is 12.3 Å². The Labute approximate surface area is 171 Å². The monoisotopic (exact) mass is 396 g/mol. The number of halogens is 1. The predicted octanol–water partition coefficient (Wildman–Crippen LogP) is 2.78. The summed E-state index contributed by atoms with van der Waals surface area (Å²) in [6.45, 7) is 5.62. The molecule has 1 N–H and O–H groups in total. The first kappa shape index (κ1) is 18.9. The molecule has 1 aliphatic carbocycles. The quantitative estimate of drug-likeness (QED) is 0.865. The molecule has 6 heteroatoms. The van der Waals surface area contributed by atoms with E-state index in [2.05, 4.69) is 40.2 Å². The molecule has 3 heterocycles. The van der Waals surface area contributed by atoms with Crippen LogP contribution in [0.2, 0.25) is 0 Å². The van der Waals surface area contributed by atoms with Crippen LogP contribution in [0.3, 0.4) is 0 Å². The third-order valence-electron chi connectivity index (χ3n) is 7.03. The standard InChI is InChI=1S/C23H29FN4O/c1-16-25-21-18(22(26-16)28-14-19(24)20(29)15-28)7-8-23(21)9-11-27(12-10-23)13-17-5-3-2-4-6-17/h2-6,19-20,29H,7-15H2,1H3/t19-,20-/m1/s1. The number of aliphatic hydroxyl groups is 1. The highest BCUT2D eigenvalue weighted by atomic mass is 19.1. The number of fused-ring (bicyclic) bond motifs is 2. The van der Waals surface area contributed by atoms with Crippen LogP contribution in [0.15, 0.2) is 30.3 Å². The van der Waals surface area contributed by atoms with E-state index in [0.29, 0.717) is 6.54 Å². The first-order valence-corrected chi connectivity index (χ1v) is 10.8. The van der Waals surface area contributed by atoms with Gasteiger partial charge in [-0.15, -0.1) is 0 Å². The van der Waals surface area contributed by atoms with Crippen LogP contribution in [-0.2, 0) is 18.4 Å². The maximum Gasteiger partial charge on any atom is 0.145 e. The number of rotatable bonds is 3. The van der Waals surface area contributed by atoms with Gasteiger partial charge in [-0.3, -0.25) is 4.90 Å². The summed E-state index contributed by atoms with van der Waals surface area (Å²) in [6, 6.07) is 10.7. The van der Waals surface area contributed by atoms with Gasteiger partial charge >= 0.3 is 0 Å². The highest BCUT2D eigenvalue weighted by Gasteiger charge is 2.45. The van der Waals surface area contributed by atoms with Crippen molar-refractivity contribution < 1.29 is 9.50 Å². The summed E-state index contributed by atoms with van der Waals surface area (Å²) >= 11 is 0. The summed E-state index contributed by atoms with van der Waals surface area (Å²) in [7, 11) is 0. The van der Waals surface area contributed by atoms with Crippen molar-refractivity contribution in [3.63, 3.8) is 0 Å². The molecule has 154 valence electrons. The Morgan fingerprint density at radius 2 is 1.86 bits per heavy atom. The molecule has 3 aliphatic rings. The van der Waals surface area contributed by atoms with Gasteiger partial charge in [0.15, 0.2) is 0 Å². The van der Waals surface area contributed by atoms with Gasteiger partial charge in [-0.25, -0.2) is 14.4 Å². The summed E-state index contributed by atoms with van der Waals surface area (Å²) in [5.41, 5.74) is 3.87. The van der Waals surface area contributed by atoms with Gasteiger partial charge in [0.05, 0.1) is 12.2 Å². The van der Waals surface area contributed by atoms with Gasteiger partial charge in [-0.2, -0.15) is 0 Å². The van der Waals surface area contributed by atoms with Crippen LogP contribution in [-0.4, -0.2) is 58.4 Å². The molecule has 1 aromatic carbocycles. The van der Waals surface area contributed by atoms with Crippen molar-refractivity contribution in [3.05, 3.63) is 53.0 Å². The third-order valence-corrected chi connectivity index (χ3v) is 7.03. The van der Waals surface area contributed by atoms with Crippen LogP contribution in [0.25, 0.3) is 0 Å². The van der Waals surface area contributed by atoms with E-state index in [1.165, 1.54) is 16.8 Å². The highest BCUT2D eigenvalue weighted by Crippen LogP contribution is 2.48. The molecule has 2 aliphatic heterocycles. The van der Waals surface area contributed by atoms with Crippen LogP contribution in [0.1, 0.15) is 41.9 Å². The first-order chi connectivity index (χ1) is 14.0. The molecule has 5 nitrogen and oxygen atoms in total. The van der Waals surface area contributed by atoms with Gasteiger partial charge < -0.3 is 10.0 Å². The van der Waals surface area contributed by atoms with Gasteiger partial charge in [-0.05, 0) is 51.3 Å². The number of aliphatic hydroxyl groups excluding tert-OH is 1. The molecule has 1 aromatic heterocycles. The summed E-state index contributed by atoms with van der Waals surface area (Å²) in [4.78, 5) is 14.0. The Hall–Kier alpha value is -2.05. The van der Waals surface area contributed by atoms with Crippen molar-refractivity contribution in [2.24, 2.45) is 0 Å². The summed E-state index contributed by atoms with van der Waals surface area (Å²) in [6.07, 6.45) is 2.15. The Balaban J connectivity index is 1.36. The average Bonchev–Trinajstić information content (AvgIpc) is 3.24. The second kappa shape index (κ2) is 7.33. The second-order valence-corrected chi connectivity index (χ2v) is 8.95. The van der Waals surface area contributed by atoms with Crippen molar-refractivity contribution in [3.8, 4) is 0 Å². The minimum absolute atomic E-state index is 0.123. The van der Waals surface area contributed by atoms with E-state index in [1.807, 2.05) is 11.8 Å². The summed E-state index contributed by atoms with van der Waals surface area (Å²) < 4.78 is 13.9. The lowest BCUT2D eigenvalue weighted by atomic mass is 9.76. The van der Waals surface area contributed by atoms with Crippen molar-refractivity contribution in [2.75, 3.05) is 31.1 Å². The number of anilines is 1. The van der Waals surface area contributed by atoms with Crippen LogP contribution < -0.4 is 4.90 Å². The first-order valence-electron chi connectivity index (χ1n) is 10.8. The Kier molecular flexibility index (Phi) is 4.79. The van der Waals surface area contributed by atoms with Crippen molar-refractivity contribution in [2.45, 2.75) is 56.8 Å². The fraction of sp³-hybridized carbons (Fsp3) is 0.565. The summed E-state index contributed by atoms with van der Waals surface area (Å²) in [5, 5.41) is 9.87. The summed E-state index contributed by atoms with van der Waals surface area (Å²) in [5.74, 6) is 1.61. The van der Waals surface area contributed by atoms with Crippen molar-refractivity contribution >= 4 is 5.82 Å².